The number of carboxylic acids is 1. The molecule has 0 aromatic heterocycles. The molecule has 0 atom stereocenters. The van der Waals surface area contributed by atoms with Crippen LogP contribution < -0.4 is 4.90 Å². The summed E-state index contributed by atoms with van der Waals surface area (Å²) in [6, 6.07) is 4.74. The van der Waals surface area contributed by atoms with Crippen molar-refractivity contribution in [2.45, 2.75) is 0 Å². The Labute approximate surface area is 81.8 Å². The van der Waals surface area contributed by atoms with E-state index in [2.05, 4.69) is 0 Å². The Kier molecular flexibility index (Phi) is 2.86. The summed E-state index contributed by atoms with van der Waals surface area (Å²) in [5.41, 5.74) is 0.858. The van der Waals surface area contributed by atoms with Crippen molar-refractivity contribution in [3.8, 4) is 0 Å². The molecule has 1 aromatic carbocycles. The van der Waals surface area contributed by atoms with Crippen LogP contribution in [0.4, 0.5) is 5.69 Å². The Balaban J connectivity index is 3.39. The van der Waals surface area contributed by atoms with Crippen LogP contribution in [0.25, 0.3) is 0 Å². The van der Waals surface area contributed by atoms with Crippen LogP contribution in [0.3, 0.4) is 0 Å². The molecule has 0 spiro atoms. The highest BCUT2D eigenvalue weighted by molar-refractivity contribution is 6.01. The first-order chi connectivity index (χ1) is 6.57. The highest BCUT2D eigenvalue weighted by atomic mass is 16.4. The van der Waals surface area contributed by atoms with E-state index in [1.807, 2.05) is 0 Å². The van der Waals surface area contributed by atoms with Crippen molar-refractivity contribution in [2.75, 3.05) is 19.0 Å². The highest BCUT2D eigenvalue weighted by Crippen LogP contribution is 2.20. The monoisotopic (exact) mass is 193 g/mol. The minimum absolute atomic E-state index is 0.0335. The van der Waals surface area contributed by atoms with Gasteiger partial charge in [0, 0.05) is 19.8 Å². The van der Waals surface area contributed by atoms with Gasteiger partial charge in [-0.25, -0.2) is 4.79 Å². The Bertz CT molecular complexity index is 372. The SMILES string of the molecule is CN(C)c1cccc(C(=O)O)c1C=O. The van der Waals surface area contributed by atoms with Gasteiger partial charge in [0.2, 0.25) is 0 Å². The molecule has 0 aliphatic rings. The number of carboxylic acid groups (broad SMARTS) is 1. The molecular formula is C10H11NO3. The summed E-state index contributed by atoms with van der Waals surface area (Å²) in [6.45, 7) is 0. The van der Waals surface area contributed by atoms with Crippen LogP contribution in [-0.2, 0) is 0 Å². The number of nitrogens with zero attached hydrogens (tertiary/aromatic N) is 1. The molecule has 1 rings (SSSR count). The van der Waals surface area contributed by atoms with Crippen LogP contribution in [0, 0.1) is 0 Å². The van der Waals surface area contributed by atoms with E-state index in [0.717, 1.165) is 0 Å². The number of anilines is 1. The first-order valence-corrected chi connectivity index (χ1v) is 4.06. The molecule has 14 heavy (non-hydrogen) atoms. The second kappa shape index (κ2) is 3.91. The van der Waals surface area contributed by atoms with Gasteiger partial charge in [-0.3, -0.25) is 4.79 Å². The van der Waals surface area contributed by atoms with Crippen LogP contribution in [-0.4, -0.2) is 31.5 Å². The van der Waals surface area contributed by atoms with Gasteiger partial charge >= 0.3 is 5.97 Å². The number of rotatable bonds is 3. The maximum atomic E-state index is 10.8. The van der Waals surface area contributed by atoms with E-state index < -0.39 is 5.97 Å². The van der Waals surface area contributed by atoms with Gasteiger partial charge in [0.25, 0.3) is 0 Å². The first kappa shape index (κ1) is 10.2. The first-order valence-electron chi connectivity index (χ1n) is 4.06. The quantitative estimate of drug-likeness (QED) is 0.734. The zero-order chi connectivity index (χ0) is 10.7. The zero-order valence-corrected chi connectivity index (χ0v) is 8.02. The van der Waals surface area contributed by atoms with Gasteiger partial charge in [0.05, 0.1) is 11.1 Å². The molecule has 4 heteroatoms. The Hall–Kier alpha value is -1.84. The van der Waals surface area contributed by atoms with Gasteiger partial charge in [-0.2, -0.15) is 0 Å². The van der Waals surface area contributed by atoms with E-state index in [4.69, 9.17) is 5.11 Å². The van der Waals surface area contributed by atoms with Crippen molar-refractivity contribution >= 4 is 17.9 Å². The standard InChI is InChI=1S/C10H11NO3/c1-11(2)9-5-3-4-7(10(13)14)8(9)6-12/h3-6H,1-2H3,(H,13,14). The number of aldehydes is 1. The van der Waals surface area contributed by atoms with E-state index in [-0.39, 0.29) is 11.1 Å². The highest BCUT2D eigenvalue weighted by Gasteiger charge is 2.13. The smallest absolute Gasteiger partial charge is 0.336 e. The predicted octanol–water partition coefficient (Wildman–Crippen LogP) is 1.26. The third kappa shape index (κ3) is 1.74. The summed E-state index contributed by atoms with van der Waals surface area (Å²) in [6.07, 6.45) is 0.568. The fourth-order valence-corrected chi connectivity index (χ4v) is 1.25. The number of benzene rings is 1. The molecule has 0 saturated carbocycles. The van der Waals surface area contributed by atoms with Gasteiger partial charge < -0.3 is 10.0 Å². The van der Waals surface area contributed by atoms with Crippen molar-refractivity contribution in [3.05, 3.63) is 29.3 Å². The Morgan fingerprint density at radius 1 is 1.43 bits per heavy atom. The second-order valence-corrected chi connectivity index (χ2v) is 3.06. The van der Waals surface area contributed by atoms with E-state index in [9.17, 15) is 9.59 Å². The summed E-state index contributed by atoms with van der Waals surface area (Å²) >= 11 is 0. The minimum atomic E-state index is -1.09. The topological polar surface area (TPSA) is 57.6 Å². The predicted molar refractivity (Wildman–Crippen MR) is 53.1 cm³/mol. The molecule has 0 aliphatic carbocycles. The molecule has 0 amide bonds. The van der Waals surface area contributed by atoms with Crippen molar-refractivity contribution in [2.24, 2.45) is 0 Å². The van der Waals surface area contributed by atoms with Crippen molar-refractivity contribution in [1.82, 2.24) is 0 Å². The van der Waals surface area contributed by atoms with E-state index in [1.54, 1.807) is 31.1 Å². The van der Waals surface area contributed by atoms with Crippen LogP contribution in [0.5, 0.6) is 0 Å². The van der Waals surface area contributed by atoms with Gasteiger partial charge in [-0.1, -0.05) is 6.07 Å². The Morgan fingerprint density at radius 2 is 2.07 bits per heavy atom. The van der Waals surface area contributed by atoms with Crippen molar-refractivity contribution in [1.29, 1.82) is 0 Å². The average molecular weight is 193 g/mol. The summed E-state index contributed by atoms with van der Waals surface area (Å²) in [7, 11) is 3.52. The molecule has 4 nitrogen and oxygen atoms in total. The lowest BCUT2D eigenvalue weighted by Crippen LogP contribution is -2.13. The largest absolute Gasteiger partial charge is 0.478 e. The van der Waals surface area contributed by atoms with Crippen LogP contribution >= 0.6 is 0 Å². The number of carbonyl (C=O) groups excluding carboxylic acids is 1. The maximum absolute atomic E-state index is 10.8. The molecule has 74 valence electrons. The third-order valence-corrected chi connectivity index (χ3v) is 1.91. The molecule has 0 radical (unpaired) electrons. The van der Waals surface area contributed by atoms with Gasteiger partial charge in [0.1, 0.15) is 0 Å². The number of aromatic carboxylic acids is 1. The maximum Gasteiger partial charge on any atom is 0.336 e. The number of carbonyl (C=O) groups is 2. The van der Waals surface area contributed by atoms with Crippen molar-refractivity contribution < 1.29 is 14.7 Å². The fourth-order valence-electron chi connectivity index (χ4n) is 1.25. The molecule has 0 unspecified atom stereocenters. The van der Waals surface area contributed by atoms with Crippen LogP contribution in [0.1, 0.15) is 20.7 Å². The van der Waals surface area contributed by atoms with Crippen molar-refractivity contribution in [3.63, 3.8) is 0 Å². The van der Waals surface area contributed by atoms with Gasteiger partial charge in [-0.05, 0) is 12.1 Å². The van der Waals surface area contributed by atoms with Gasteiger partial charge in [-0.15, -0.1) is 0 Å². The minimum Gasteiger partial charge on any atom is -0.478 e. The van der Waals surface area contributed by atoms with E-state index in [0.29, 0.717) is 12.0 Å². The molecule has 0 fully saturated rings. The number of hydrogen-bond acceptors (Lipinski definition) is 3. The lowest BCUT2D eigenvalue weighted by atomic mass is 10.1. The second-order valence-electron chi connectivity index (χ2n) is 3.06. The van der Waals surface area contributed by atoms with Crippen LogP contribution in [0.2, 0.25) is 0 Å². The number of hydrogen-bond donors (Lipinski definition) is 1. The van der Waals surface area contributed by atoms with Crippen LogP contribution in [0.15, 0.2) is 18.2 Å². The molecule has 0 heterocycles. The summed E-state index contributed by atoms with van der Waals surface area (Å²) < 4.78 is 0. The zero-order valence-electron chi connectivity index (χ0n) is 8.02. The lowest BCUT2D eigenvalue weighted by Gasteiger charge is -2.15. The molecule has 1 N–H and O–H groups in total. The molecule has 0 aliphatic heterocycles. The van der Waals surface area contributed by atoms with E-state index in [1.165, 1.54) is 6.07 Å². The third-order valence-electron chi connectivity index (χ3n) is 1.91. The summed E-state index contributed by atoms with van der Waals surface area (Å²) in [4.78, 5) is 23.2. The Morgan fingerprint density at radius 3 is 2.50 bits per heavy atom. The molecule has 0 saturated heterocycles. The molecule has 0 bridgehead atoms. The average Bonchev–Trinajstić information content (AvgIpc) is 2.16. The fraction of sp³-hybridized carbons (Fsp3) is 0.200. The molecular weight excluding hydrogens is 182 g/mol. The lowest BCUT2D eigenvalue weighted by molar-refractivity contribution is 0.0694. The molecule has 1 aromatic rings. The summed E-state index contributed by atoms with van der Waals surface area (Å²) in [5.74, 6) is -1.09. The van der Waals surface area contributed by atoms with Gasteiger partial charge in [0.15, 0.2) is 6.29 Å². The normalized spacial score (nSPS) is 9.57. The summed E-state index contributed by atoms with van der Waals surface area (Å²) in [5, 5.41) is 8.83. The van der Waals surface area contributed by atoms with E-state index >= 15 is 0 Å².